The summed E-state index contributed by atoms with van der Waals surface area (Å²) in [5.41, 5.74) is 6.38. The monoisotopic (exact) mass is 129 g/mol. The molecular weight excluding hydrogens is 118 g/mol. The van der Waals surface area contributed by atoms with Crippen LogP contribution in [-0.2, 0) is 0 Å². The summed E-state index contributed by atoms with van der Waals surface area (Å²) >= 11 is 1.59. The summed E-state index contributed by atoms with van der Waals surface area (Å²) in [6, 6.07) is 0. The molecule has 0 aromatic heterocycles. The van der Waals surface area contributed by atoms with Crippen molar-refractivity contribution in [3.8, 4) is 0 Å². The summed E-state index contributed by atoms with van der Waals surface area (Å²) in [4.78, 5) is 0. The molecule has 0 aromatic carbocycles. The molecule has 0 bridgehead atoms. The van der Waals surface area contributed by atoms with Crippen LogP contribution in [-0.4, -0.2) is 0 Å². The SMILES string of the molecule is CC(C)=CS/C=C\N. The molecule has 0 aliphatic rings. The lowest BCUT2D eigenvalue weighted by Gasteiger charge is -1.82. The zero-order valence-corrected chi connectivity index (χ0v) is 6.03. The number of hydrogen-bond donors (Lipinski definition) is 1. The molecule has 1 nitrogen and oxygen atoms in total. The minimum atomic E-state index is 1.30. The molecule has 0 spiro atoms. The second-order valence-corrected chi connectivity index (χ2v) is 2.44. The van der Waals surface area contributed by atoms with Gasteiger partial charge in [0.05, 0.1) is 0 Å². The van der Waals surface area contributed by atoms with Crippen LogP contribution >= 0.6 is 11.8 Å². The Hall–Kier alpha value is -0.370. The van der Waals surface area contributed by atoms with Crippen LogP contribution in [0, 0.1) is 0 Å². The molecule has 2 heteroatoms. The van der Waals surface area contributed by atoms with Crippen molar-refractivity contribution in [3.05, 3.63) is 22.6 Å². The number of nitrogens with two attached hydrogens (primary N) is 1. The van der Waals surface area contributed by atoms with E-state index in [4.69, 9.17) is 5.73 Å². The van der Waals surface area contributed by atoms with Crippen molar-refractivity contribution < 1.29 is 0 Å². The molecular formula is C6H11NS. The molecule has 0 fully saturated rings. The summed E-state index contributed by atoms with van der Waals surface area (Å²) in [6.07, 6.45) is 1.53. The minimum Gasteiger partial charge on any atom is -0.404 e. The molecule has 0 aromatic rings. The maximum Gasteiger partial charge on any atom is 0.000523 e. The molecule has 0 aliphatic carbocycles. The van der Waals surface area contributed by atoms with Gasteiger partial charge in [-0.15, -0.1) is 11.8 Å². The number of rotatable bonds is 2. The highest BCUT2D eigenvalue weighted by Gasteiger charge is 1.71. The van der Waals surface area contributed by atoms with Gasteiger partial charge < -0.3 is 5.73 Å². The molecule has 0 aliphatic heterocycles. The van der Waals surface area contributed by atoms with Crippen LogP contribution in [0.2, 0.25) is 0 Å². The standard InChI is InChI=1S/C6H11NS/c1-6(2)5-8-4-3-7/h3-5H,7H2,1-2H3/b4-3-. The summed E-state index contributed by atoms with van der Waals surface area (Å²) in [5.74, 6) is 0. The van der Waals surface area contributed by atoms with Crippen molar-refractivity contribution in [3.63, 3.8) is 0 Å². The highest BCUT2D eigenvalue weighted by atomic mass is 32.2. The van der Waals surface area contributed by atoms with Crippen molar-refractivity contribution in [1.82, 2.24) is 0 Å². The average molecular weight is 129 g/mol. The van der Waals surface area contributed by atoms with Crippen LogP contribution in [0.4, 0.5) is 0 Å². The van der Waals surface area contributed by atoms with Gasteiger partial charge in [0, 0.05) is 6.20 Å². The van der Waals surface area contributed by atoms with E-state index in [0.717, 1.165) is 0 Å². The van der Waals surface area contributed by atoms with Gasteiger partial charge in [0.2, 0.25) is 0 Å². The van der Waals surface area contributed by atoms with Crippen molar-refractivity contribution >= 4 is 11.8 Å². The zero-order chi connectivity index (χ0) is 6.41. The fourth-order valence-corrected chi connectivity index (χ4v) is 0.662. The van der Waals surface area contributed by atoms with E-state index in [1.54, 1.807) is 11.8 Å². The summed E-state index contributed by atoms with van der Waals surface area (Å²) in [5, 5.41) is 3.89. The highest BCUT2D eigenvalue weighted by Crippen LogP contribution is 2.05. The maximum atomic E-state index is 5.08. The normalized spacial score (nSPS) is 9.75. The molecule has 0 rings (SSSR count). The molecule has 8 heavy (non-hydrogen) atoms. The minimum absolute atomic E-state index is 1.30. The second-order valence-electron chi connectivity index (χ2n) is 1.66. The van der Waals surface area contributed by atoms with E-state index in [1.807, 2.05) is 10.8 Å². The van der Waals surface area contributed by atoms with E-state index in [2.05, 4.69) is 13.8 Å². The third-order valence-corrected chi connectivity index (χ3v) is 1.38. The molecule has 46 valence electrons. The predicted octanol–water partition coefficient (Wildman–Crippen LogP) is 2.07. The van der Waals surface area contributed by atoms with Crippen LogP contribution in [0.1, 0.15) is 13.8 Å². The summed E-state index contributed by atoms with van der Waals surface area (Å²) < 4.78 is 0. The van der Waals surface area contributed by atoms with Crippen LogP contribution in [0.15, 0.2) is 22.6 Å². The molecule has 2 N–H and O–H groups in total. The number of hydrogen-bond acceptors (Lipinski definition) is 2. The largest absolute Gasteiger partial charge is 0.404 e. The lowest BCUT2D eigenvalue weighted by molar-refractivity contribution is 1.42. The van der Waals surface area contributed by atoms with Crippen LogP contribution in [0.3, 0.4) is 0 Å². The first-order valence-corrected chi connectivity index (χ1v) is 3.37. The average Bonchev–Trinajstić information content (AvgIpc) is 1.66. The van der Waals surface area contributed by atoms with Gasteiger partial charge >= 0.3 is 0 Å². The smallest absolute Gasteiger partial charge is 0.000523 e. The topological polar surface area (TPSA) is 26.0 Å². The Morgan fingerprint density at radius 3 is 2.50 bits per heavy atom. The van der Waals surface area contributed by atoms with E-state index >= 15 is 0 Å². The quantitative estimate of drug-likeness (QED) is 0.617. The van der Waals surface area contributed by atoms with E-state index in [-0.39, 0.29) is 0 Å². The fourth-order valence-electron chi connectivity index (χ4n) is 0.221. The molecule has 0 saturated heterocycles. The molecule has 0 saturated carbocycles. The molecule has 0 radical (unpaired) electrons. The molecule has 0 heterocycles. The van der Waals surface area contributed by atoms with Gasteiger partial charge in [-0.3, -0.25) is 0 Å². The first-order valence-electron chi connectivity index (χ1n) is 2.43. The van der Waals surface area contributed by atoms with Gasteiger partial charge in [0.1, 0.15) is 0 Å². The van der Waals surface area contributed by atoms with Crippen molar-refractivity contribution in [2.45, 2.75) is 13.8 Å². The first-order chi connectivity index (χ1) is 3.77. The third-order valence-electron chi connectivity index (χ3n) is 0.461. The van der Waals surface area contributed by atoms with Gasteiger partial charge in [0.25, 0.3) is 0 Å². The lowest BCUT2D eigenvalue weighted by atomic mass is 10.4. The van der Waals surface area contributed by atoms with E-state index in [0.29, 0.717) is 0 Å². The number of allylic oxidation sites excluding steroid dienone is 1. The van der Waals surface area contributed by atoms with Crippen molar-refractivity contribution in [2.75, 3.05) is 0 Å². The molecule has 0 atom stereocenters. The van der Waals surface area contributed by atoms with E-state index in [9.17, 15) is 0 Å². The highest BCUT2D eigenvalue weighted by molar-refractivity contribution is 8.04. The predicted molar refractivity (Wildman–Crippen MR) is 40.3 cm³/mol. The molecule has 0 amide bonds. The Morgan fingerprint density at radius 1 is 1.50 bits per heavy atom. The van der Waals surface area contributed by atoms with Gasteiger partial charge in [-0.1, -0.05) is 5.57 Å². The second kappa shape index (κ2) is 4.78. The Kier molecular flexibility index (Phi) is 4.56. The summed E-state index contributed by atoms with van der Waals surface area (Å²) in [6.45, 7) is 4.11. The van der Waals surface area contributed by atoms with Crippen LogP contribution in [0.5, 0.6) is 0 Å². The van der Waals surface area contributed by atoms with Crippen molar-refractivity contribution in [2.24, 2.45) is 5.73 Å². The van der Waals surface area contributed by atoms with Crippen LogP contribution in [0.25, 0.3) is 0 Å². The first kappa shape index (κ1) is 7.63. The zero-order valence-electron chi connectivity index (χ0n) is 5.22. The third kappa shape index (κ3) is 5.63. The lowest BCUT2D eigenvalue weighted by Crippen LogP contribution is -1.71. The fraction of sp³-hybridized carbons (Fsp3) is 0.333. The Balaban J connectivity index is 3.30. The van der Waals surface area contributed by atoms with Gasteiger partial charge in [-0.2, -0.15) is 0 Å². The van der Waals surface area contributed by atoms with Crippen molar-refractivity contribution in [1.29, 1.82) is 0 Å². The van der Waals surface area contributed by atoms with Gasteiger partial charge in [-0.05, 0) is 24.7 Å². The van der Waals surface area contributed by atoms with Gasteiger partial charge in [0.15, 0.2) is 0 Å². The van der Waals surface area contributed by atoms with E-state index in [1.165, 1.54) is 11.8 Å². The van der Waals surface area contributed by atoms with E-state index < -0.39 is 0 Å². The Labute approximate surface area is 54.6 Å². The number of thioether (sulfide) groups is 1. The Morgan fingerprint density at radius 2 is 2.12 bits per heavy atom. The Bertz CT molecular complexity index is 101. The van der Waals surface area contributed by atoms with Crippen LogP contribution < -0.4 is 5.73 Å². The molecule has 0 unspecified atom stereocenters. The van der Waals surface area contributed by atoms with Gasteiger partial charge in [-0.25, -0.2) is 0 Å². The summed E-state index contributed by atoms with van der Waals surface area (Å²) in [7, 11) is 0. The maximum absolute atomic E-state index is 5.08.